The minimum absolute atomic E-state index is 0.0565. The third-order valence-corrected chi connectivity index (χ3v) is 2.59. The van der Waals surface area contributed by atoms with Crippen LogP contribution in [0.4, 0.5) is 0 Å². The number of hydrogen-bond donors (Lipinski definition) is 0. The zero-order valence-corrected chi connectivity index (χ0v) is 8.34. The average Bonchev–Trinajstić information content (AvgIpc) is 2.51. The highest BCUT2D eigenvalue weighted by Crippen LogP contribution is 2.13. The van der Waals surface area contributed by atoms with Crippen molar-refractivity contribution < 1.29 is 4.79 Å². The quantitative estimate of drug-likeness (QED) is 0.589. The topological polar surface area (TPSA) is 23.6 Å². The molecular formula is C8H15ClN2O. The van der Waals surface area contributed by atoms with Crippen molar-refractivity contribution in [3.05, 3.63) is 0 Å². The normalized spacial score (nSPS) is 23.7. The first-order valence-corrected chi connectivity index (χ1v) is 4.68. The van der Waals surface area contributed by atoms with Gasteiger partial charge in [-0.2, -0.15) is 0 Å². The highest BCUT2D eigenvalue weighted by atomic mass is 35.5. The largest absolute Gasteiger partial charge is 0.340 e. The van der Waals surface area contributed by atoms with Gasteiger partial charge in [-0.25, -0.2) is 0 Å². The Bertz CT molecular complexity index is 172. The summed E-state index contributed by atoms with van der Waals surface area (Å²) in [5.74, 6) is 0.168. The highest BCUT2D eigenvalue weighted by Gasteiger charge is 2.26. The summed E-state index contributed by atoms with van der Waals surface area (Å²) >= 11 is 5.45. The predicted molar refractivity (Wildman–Crippen MR) is 49.4 cm³/mol. The molecule has 0 N–H and O–H groups in total. The smallest absolute Gasteiger partial charge is 0.237 e. The van der Waals surface area contributed by atoms with Gasteiger partial charge in [0.25, 0.3) is 0 Å². The summed E-state index contributed by atoms with van der Waals surface area (Å²) in [7, 11) is 4.08. The molecule has 4 heteroatoms. The van der Waals surface area contributed by atoms with E-state index in [1.54, 1.807) is 0 Å². The van der Waals surface area contributed by atoms with Crippen LogP contribution in [0.1, 0.15) is 6.42 Å². The summed E-state index contributed by atoms with van der Waals surface area (Å²) in [5, 5.41) is 0. The van der Waals surface area contributed by atoms with E-state index in [-0.39, 0.29) is 11.8 Å². The number of rotatable bonds is 2. The molecule has 0 aliphatic carbocycles. The first kappa shape index (κ1) is 9.81. The second-order valence-electron chi connectivity index (χ2n) is 3.38. The van der Waals surface area contributed by atoms with Crippen LogP contribution in [0.5, 0.6) is 0 Å². The number of carbonyl (C=O) groups excluding carboxylic acids is 1. The number of alkyl halides is 1. The Morgan fingerprint density at radius 3 is 2.75 bits per heavy atom. The minimum atomic E-state index is 0.0565. The maximum atomic E-state index is 11.2. The van der Waals surface area contributed by atoms with Crippen molar-refractivity contribution in [1.29, 1.82) is 0 Å². The Morgan fingerprint density at radius 1 is 1.67 bits per heavy atom. The summed E-state index contributed by atoms with van der Waals surface area (Å²) < 4.78 is 0. The van der Waals surface area contributed by atoms with Crippen LogP contribution in [0, 0.1) is 0 Å². The zero-order chi connectivity index (χ0) is 9.14. The molecule has 1 aliphatic rings. The molecular weight excluding hydrogens is 176 g/mol. The third kappa shape index (κ3) is 2.11. The average molecular weight is 191 g/mol. The Balaban J connectivity index is 2.40. The standard InChI is InChI=1S/C8H15ClN2O/c1-10(2)7-3-4-11(6-7)8(12)5-9/h7H,3-6H2,1-2H3/t7-/m0/s1. The molecule has 0 aromatic rings. The van der Waals surface area contributed by atoms with Gasteiger partial charge in [0.1, 0.15) is 5.88 Å². The van der Waals surface area contributed by atoms with E-state index in [0.29, 0.717) is 6.04 Å². The summed E-state index contributed by atoms with van der Waals surface area (Å²) in [6, 6.07) is 0.511. The Hall–Kier alpha value is -0.280. The molecule has 1 rings (SSSR count). The van der Waals surface area contributed by atoms with Crippen LogP contribution >= 0.6 is 11.6 Å². The molecule has 1 heterocycles. The fourth-order valence-electron chi connectivity index (χ4n) is 1.47. The molecule has 0 spiro atoms. The van der Waals surface area contributed by atoms with E-state index < -0.39 is 0 Å². The lowest BCUT2D eigenvalue weighted by Gasteiger charge is -2.19. The molecule has 70 valence electrons. The molecule has 0 aromatic carbocycles. The van der Waals surface area contributed by atoms with Crippen LogP contribution in [0.2, 0.25) is 0 Å². The van der Waals surface area contributed by atoms with Crippen LogP contribution in [0.3, 0.4) is 0 Å². The maximum Gasteiger partial charge on any atom is 0.237 e. The molecule has 0 unspecified atom stereocenters. The maximum absolute atomic E-state index is 11.2. The van der Waals surface area contributed by atoms with Gasteiger partial charge in [0.15, 0.2) is 0 Å². The first-order chi connectivity index (χ1) is 5.65. The number of nitrogens with zero attached hydrogens (tertiary/aromatic N) is 2. The monoisotopic (exact) mass is 190 g/mol. The number of likely N-dealkylation sites (N-methyl/N-ethyl adjacent to an activating group) is 1. The van der Waals surface area contributed by atoms with Gasteiger partial charge >= 0.3 is 0 Å². The molecule has 1 amide bonds. The molecule has 12 heavy (non-hydrogen) atoms. The van der Waals surface area contributed by atoms with E-state index in [9.17, 15) is 4.79 Å². The SMILES string of the molecule is CN(C)[C@H]1CCN(C(=O)CCl)C1. The lowest BCUT2D eigenvalue weighted by Crippen LogP contribution is -2.34. The second-order valence-corrected chi connectivity index (χ2v) is 3.65. The van der Waals surface area contributed by atoms with Crippen LogP contribution < -0.4 is 0 Å². The molecule has 1 aliphatic heterocycles. The molecule has 0 saturated carbocycles. The number of carbonyl (C=O) groups is 1. The minimum Gasteiger partial charge on any atom is -0.340 e. The van der Waals surface area contributed by atoms with Crippen molar-refractivity contribution in [2.75, 3.05) is 33.1 Å². The van der Waals surface area contributed by atoms with Crippen LogP contribution in [-0.2, 0) is 4.79 Å². The zero-order valence-electron chi connectivity index (χ0n) is 7.59. The molecule has 3 nitrogen and oxygen atoms in total. The van der Waals surface area contributed by atoms with Crippen LogP contribution in [-0.4, -0.2) is 54.8 Å². The fourth-order valence-corrected chi connectivity index (χ4v) is 1.64. The van der Waals surface area contributed by atoms with Crippen LogP contribution in [0.15, 0.2) is 0 Å². The Kier molecular flexibility index (Phi) is 3.35. The van der Waals surface area contributed by atoms with Crippen molar-refractivity contribution in [2.24, 2.45) is 0 Å². The van der Waals surface area contributed by atoms with Crippen LogP contribution in [0.25, 0.3) is 0 Å². The third-order valence-electron chi connectivity index (χ3n) is 2.36. The molecule has 1 fully saturated rings. The number of likely N-dealkylation sites (tertiary alicyclic amines) is 1. The van der Waals surface area contributed by atoms with Crippen molar-refractivity contribution in [3.8, 4) is 0 Å². The summed E-state index contributed by atoms with van der Waals surface area (Å²) in [5.41, 5.74) is 0. The lowest BCUT2D eigenvalue weighted by molar-refractivity contribution is -0.127. The Labute approximate surface area is 78.3 Å². The van der Waals surface area contributed by atoms with E-state index in [1.807, 2.05) is 19.0 Å². The highest BCUT2D eigenvalue weighted by molar-refractivity contribution is 6.27. The number of halogens is 1. The van der Waals surface area contributed by atoms with Gasteiger partial charge in [-0.05, 0) is 20.5 Å². The molecule has 1 atom stereocenters. The molecule has 0 bridgehead atoms. The Morgan fingerprint density at radius 2 is 2.33 bits per heavy atom. The summed E-state index contributed by atoms with van der Waals surface area (Å²) in [6.45, 7) is 1.69. The summed E-state index contributed by atoms with van der Waals surface area (Å²) in [4.78, 5) is 15.1. The predicted octanol–water partition coefficient (Wildman–Crippen LogP) is 0.388. The second kappa shape index (κ2) is 4.10. The van der Waals surface area contributed by atoms with Crippen molar-refractivity contribution >= 4 is 17.5 Å². The first-order valence-electron chi connectivity index (χ1n) is 4.15. The fraction of sp³-hybridized carbons (Fsp3) is 0.875. The van der Waals surface area contributed by atoms with E-state index in [0.717, 1.165) is 19.5 Å². The molecule has 1 saturated heterocycles. The van der Waals surface area contributed by atoms with E-state index in [2.05, 4.69) is 4.90 Å². The molecule has 0 aromatic heterocycles. The van der Waals surface area contributed by atoms with Gasteiger partial charge in [0.05, 0.1) is 0 Å². The van der Waals surface area contributed by atoms with Crippen molar-refractivity contribution in [2.45, 2.75) is 12.5 Å². The van der Waals surface area contributed by atoms with E-state index in [1.165, 1.54) is 0 Å². The van der Waals surface area contributed by atoms with Gasteiger partial charge in [-0.1, -0.05) is 0 Å². The van der Waals surface area contributed by atoms with Gasteiger partial charge in [-0.3, -0.25) is 4.79 Å². The molecule has 0 radical (unpaired) electrons. The summed E-state index contributed by atoms with van der Waals surface area (Å²) in [6.07, 6.45) is 1.07. The van der Waals surface area contributed by atoms with E-state index in [4.69, 9.17) is 11.6 Å². The lowest BCUT2D eigenvalue weighted by atomic mass is 10.2. The van der Waals surface area contributed by atoms with Gasteiger partial charge in [0.2, 0.25) is 5.91 Å². The van der Waals surface area contributed by atoms with E-state index >= 15 is 0 Å². The number of hydrogen-bond acceptors (Lipinski definition) is 2. The van der Waals surface area contributed by atoms with Crippen molar-refractivity contribution in [1.82, 2.24) is 9.80 Å². The van der Waals surface area contributed by atoms with Gasteiger partial charge in [0, 0.05) is 19.1 Å². The number of amides is 1. The van der Waals surface area contributed by atoms with Crippen molar-refractivity contribution in [3.63, 3.8) is 0 Å². The van der Waals surface area contributed by atoms with Gasteiger partial charge < -0.3 is 9.80 Å². The van der Waals surface area contributed by atoms with Gasteiger partial charge in [-0.15, -0.1) is 11.6 Å².